The second-order valence-electron chi connectivity index (χ2n) is 6.58. The Bertz CT molecular complexity index is 840. The molecule has 1 aliphatic rings. The highest BCUT2D eigenvalue weighted by Gasteiger charge is 2.32. The number of rotatable bonds is 3. The van der Waals surface area contributed by atoms with Crippen molar-refractivity contribution < 1.29 is 23.0 Å². The lowest BCUT2D eigenvalue weighted by atomic mass is 9.90. The fourth-order valence-corrected chi connectivity index (χ4v) is 2.93. The summed E-state index contributed by atoms with van der Waals surface area (Å²) in [5, 5.41) is 9.96. The summed E-state index contributed by atoms with van der Waals surface area (Å²) in [5.74, 6) is -0.609. The van der Waals surface area contributed by atoms with Crippen molar-refractivity contribution in [2.24, 2.45) is 5.41 Å². The van der Waals surface area contributed by atoms with Gasteiger partial charge in [0.1, 0.15) is 5.75 Å². The van der Waals surface area contributed by atoms with Gasteiger partial charge in [0.05, 0.1) is 24.1 Å². The number of ether oxygens (including phenoxy) is 1. The van der Waals surface area contributed by atoms with Crippen LogP contribution >= 0.6 is 0 Å². The van der Waals surface area contributed by atoms with E-state index in [0.29, 0.717) is 25.8 Å². The Hall–Kier alpha value is -2.35. The molecular weight excluding hydrogens is 337 g/mol. The van der Waals surface area contributed by atoms with E-state index in [1.54, 1.807) is 0 Å². The molecular formula is C17H17F3N2O3. The minimum absolute atomic E-state index is 0.0210. The lowest BCUT2D eigenvalue weighted by Crippen LogP contribution is -2.31. The highest BCUT2D eigenvalue weighted by molar-refractivity contribution is 5.69. The number of halogens is 3. The second-order valence-corrected chi connectivity index (χ2v) is 6.58. The zero-order valence-corrected chi connectivity index (χ0v) is 13.5. The van der Waals surface area contributed by atoms with Crippen LogP contribution in [0.2, 0.25) is 0 Å². The fourth-order valence-electron chi connectivity index (χ4n) is 2.93. The van der Waals surface area contributed by atoms with Crippen LogP contribution in [-0.4, -0.2) is 27.9 Å². The number of hydrogen-bond donors (Lipinski definition) is 1. The van der Waals surface area contributed by atoms with Gasteiger partial charge in [0.25, 0.3) is 5.56 Å². The van der Waals surface area contributed by atoms with Crippen LogP contribution < -0.4 is 5.56 Å². The predicted molar refractivity (Wildman–Crippen MR) is 84.1 cm³/mol. The molecule has 0 spiro atoms. The third kappa shape index (κ3) is 3.53. The van der Waals surface area contributed by atoms with E-state index in [1.165, 1.54) is 17.1 Å². The van der Waals surface area contributed by atoms with E-state index in [1.807, 2.05) is 6.92 Å². The molecule has 0 radical (unpaired) electrons. The van der Waals surface area contributed by atoms with Crippen LogP contribution in [0.25, 0.3) is 11.1 Å². The van der Waals surface area contributed by atoms with Gasteiger partial charge in [-0.25, -0.2) is 4.98 Å². The molecule has 0 aliphatic carbocycles. The Morgan fingerprint density at radius 2 is 2.12 bits per heavy atom. The molecule has 5 nitrogen and oxygen atoms in total. The summed E-state index contributed by atoms with van der Waals surface area (Å²) in [6, 6.07) is 2.53. The number of nitrogens with zero attached hydrogens (tertiary/aromatic N) is 2. The van der Waals surface area contributed by atoms with Gasteiger partial charge in [0.15, 0.2) is 0 Å². The average molecular weight is 354 g/mol. The number of aromatic nitrogens is 2. The smallest absolute Gasteiger partial charge is 0.416 e. The summed E-state index contributed by atoms with van der Waals surface area (Å²) in [5.41, 5.74) is -1.53. The number of aromatic hydroxyl groups is 1. The summed E-state index contributed by atoms with van der Waals surface area (Å²) < 4.78 is 44.9. The van der Waals surface area contributed by atoms with Crippen LogP contribution in [0.3, 0.4) is 0 Å². The van der Waals surface area contributed by atoms with Crippen LogP contribution in [0.1, 0.15) is 18.9 Å². The zero-order chi connectivity index (χ0) is 18.2. The standard InChI is InChI=1S/C17H17F3N2O3/c1-16(4-5-25-9-16)8-22-10-21-7-13(15(22)24)12-3-2-11(6-14(12)23)17(18,19)20/h2-3,6-7,10,23H,4-5,8-9H2,1H3. The minimum atomic E-state index is -4.57. The quantitative estimate of drug-likeness (QED) is 0.920. The molecule has 0 bridgehead atoms. The van der Waals surface area contributed by atoms with Gasteiger partial charge >= 0.3 is 6.18 Å². The molecule has 2 heterocycles. The van der Waals surface area contributed by atoms with Crippen LogP contribution in [0.15, 0.2) is 35.5 Å². The molecule has 1 unspecified atom stereocenters. The predicted octanol–water partition coefficient (Wildman–Crippen LogP) is 3.06. The van der Waals surface area contributed by atoms with Gasteiger partial charge in [-0.3, -0.25) is 9.36 Å². The van der Waals surface area contributed by atoms with Gasteiger partial charge in [0.2, 0.25) is 0 Å². The third-order valence-corrected chi connectivity index (χ3v) is 4.37. The summed E-state index contributed by atoms with van der Waals surface area (Å²) in [4.78, 5) is 16.7. The largest absolute Gasteiger partial charge is 0.507 e. The van der Waals surface area contributed by atoms with Gasteiger partial charge in [-0.2, -0.15) is 13.2 Å². The van der Waals surface area contributed by atoms with Crippen LogP contribution in [-0.2, 0) is 17.5 Å². The summed E-state index contributed by atoms with van der Waals surface area (Å²) >= 11 is 0. The maximum atomic E-state index is 12.7. The third-order valence-electron chi connectivity index (χ3n) is 4.37. The van der Waals surface area contributed by atoms with Gasteiger partial charge in [0, 0.05) is 30.3 Å². The minimum Gasteiger partial charge on any atom is -0.507 e. The molecule has 1 fully saturated rings. The molecule has 1 saturated heterocycles. The monoisotopic (exact) mass is 354 g/mol. The lowest BCUT2D eigenvalue weighted by Gasteiger charge is -2.22. The van der Waals surface area contributed by atoms with E-state index in [9.17, 15) is 23.1 Å². The van der Waals surface area contributed by atoms with E-state index in [0.717, 1.165) is 18.6 Å². The SMILES string of the molecule is CC1(Cn2cncc(-c3ccc(C(F)(F)F)cc3O)c2=O)CCOC1. The van der Waals surface area contributed by atoms with Crippen molar-refractivity contribution in [3.05, 3.63) is 46.6 Å². The molecule has 1 atom stereocenters. The van der Waals surface area contributed by atoms with E-state index in [4.69, 9.17) is 4.74 Å². The molecule has 25 heavy (non-hydrogen) atoms. The van der Waals surface area contributed by atoms with Crippen molar-refractivity contribution in [3.63, 3.8) is 0 Å². The Labute approximate surface area is 141 Å². The van der Waals surface area contributed by atoms with Crippen molar-refractivity contribution >= 4 is 0 Å². The molecule has 1 aromatic carbocycles. The number of phenolic OH excluding ortho intramolecular Hbond substituents is 1. The van der Waals surface area contributed by atoms with Crippen molar-refractivity contribution in [3.8, 4) is 16.9 Å². The Kier molecular flexibility index (Phi) is 4.32. The van der Waals surface area contributed by atoms with Gasteiger partial charge in [-0.15, -0.1) is 0 Å². The van der Waals surface area contributed by atoms with Gasteiger partial charge in [-0.1, -0.05) is 6.92 Å². The van der Waals surface area contributed by atoms with Crippen molar-refractivity contribution in [1.82, 2.24) is 9.55 Å². The molecule has 3 rings (SSSR count). The first kappa shape index (κ1) is 17.5. The highest BCUT2D eigenvalue weighted by Crippen LogP contribution is 2.35. The maximum absolute atomic E-state index is 12.7. The molecule has 8 heteroatoms. The molecule has 0 amide bonds. The lowest BCUT2D eigenvalue weighted by molar-refractivity contribution is -0.137. The van der Waals surface area contributed by atoms with Gasteiger partial charge < -0.3 is 9.84 Å². The van der Waals surface area contributed by atoms with E-state index >= 15 is 0 Å². The van der Waals surface area contributed by atoms with Gasteiger partial charge in [-0.05, 0) is 24.6 Å². The molecule has 1 aliphatic heterocycles. The summed E-state index contributed by atoms with van der Waals surface area (Å²) in [6.07, 6.45) is -1.14. The maximum Gasteiger partial charge on any atom is 0.416 e. The van der Waals surface area contributed by atoms with E-state index < -0.39 is 23.0 Å². The molecule has 1 aromatic heterocycles. The molecule has 2 aromatic rings. The van der Waals surface area contributed by atoms with E-state index in [-0.39, 0.29) is 16.5 Å². The van der Waals surface area contributed by atoms with Crippen molar-refractivity contribution in [2.45, 2.75) is 26.1 Å². The van der Waals surface area contributed by atoms with Crippen LogP contribution in [0.5, 0.6) is 5.75 Å². The Balaban J connectivity index is 1.99. The van der Waals surface area contributed by atoms with E-state index in [2.05, 4.69) is 4.98 Å². The Morgan fingerprint density at radius 1 is 1.36 bits per heavy atom. The Morgan fingerprint density at radius 3 is 2.72 bits per heavy atom. The van der Waals surface area contributed by atoms with Crippen LogP contribution in [0, 0.1) is 5.41 Å². The number of alkyl halides is 3. The number of phenols is 1. The first-order valence-electron chi connectivity index (χ1n) is 7.72. The first-order chi connectivity index (χ1) is 11.7. The summed E-state index contributed by atoms with van der Waals surface area (Å²) in [7, 11) is 0. The molecule has 1 N–H and O–H groups in total. The zero-order valence-electron chi connectivity index (χ0n) is 13.5. The fraction of sp³-hybridized carbons (Fsp3) is 0.412. The summed E-state index contributed by atoms with van der Waals surface area (Å²) in [6.45, 7) is 3.52. The first-order valence-corrected chi connectivity index (χ1v) is 7.72. The van der Waals surface area contributed by atoms with Crippen molar-refractivity contribution in [2.75, 3.05) is 13.2 Å². The number of benzene rings is 1. The molecule has 134 valence electrons. The number of hydrogen-bond acceptors (Lipinski definition) is 4. The normalized spacial score (nSPS) is 20.8. The topological polar surface area (TPSA) is 64.3 Å². The second kappa shape index (κ2) is 6.18. The molecule has 0 saturated carbocycles. The van der Waals surface area contributed by atoms with Crippen LogP contribution in [0.4, 0.5) is 13.2 Å². The van der Waals surface area contributed by atoms with Crippen molar-refractivity contribution in [1.29, 1.82) is 0 Å². The highest BCUT2D eigenvalue weighted by atomic mass is 19.4. The average Bonchev–Trinajstić information content (AvgIpc) is 2.95.